The molecule has 3 fully saturated rings. The van der Waals surface area contributed by atoms with E-state index >= 15 is 0 Å². The van der Waals surface area contributed by atoms with E-state index in [4.69, 9.17) is 14.2 Å². The Balaban J connectivity index is 0.000000141. The predicted molar refractivity (Wildman–Crippen MR) is 71.9 cm³/mol. The van der Waals surface area contributed by atoms with Crippen molar-refractivity contribution in [2.45, 2.75) is 63.8 Å². The van der Waals surface area contributed by atoms with Crippen molar-refractivity contribution in [1.82, 2.24) is 0 Å². The fourth-order valence-electron chi connectivity index (χ4n) is 2.19. The number of hydrogen-bond acceptors (Lipinski definition) is 4. The summed E-state index contributed by atoms with van der Waals surface area (Å²) in [5.41, 5.74) is 0.431. The first-order chi connectivity index (χ1) is 9.16. The molecule has 3 atom stereocenters. The van der Waals surface area contributed by atoms with Gasteiger partial charge in [-0.05, 0) is 19.8 Å². The Hall–Kier alpha value is -0.870. The summed E-state index contributed by atoms with van der Waals surface area (Å²) in [6, 6.07) is 0. The largest absolute Gasteiger partial charge is 0.459 e. The van der Waals surface area contributed by atoms with Gasteiger partial charge < -0.3 is 14.2 Å². The van der Waals surface area contributed by atoms with Crippen LogP contribution in [0.2, 0.25) is 0 Å². The van der Waals surface area contributed by atoms with Gasteiger partial charge in [-0.15, -0.1) is 0 Å². The molecule has 4 heteroatoms. The first kappa shape index (κ1) is 14.5. The fraction of sp³-hybridized carbons (Fsp3) is 0.800. The molecule has 0 aromatic carbocycles. The molecule has 0 aromatic rings. The van der Waals surface area contributed by atoms with Crippen molar-refractivity contribution in [3.63, 3.8) is 0 Å². The number of hydrogen-bond donors (Lipinski definition) is 0. The third-order valence-corrected chi connectivity index (χ3v) is 3.57. The normalized spacial score (nSPS) is 31.7. The van der Waals surface area contributed by atoms with Crippen LogP contribution in [0, 0.1) is 0 Å². The van der Waals surface area contributed by atoms with Gasteiger partial charge in [-0.3, -0.25) is 0 Å². The zero-order chi connectivity index (χ0) is 13.7. The van der Waals surface area contributed by atoms with Gasteiger partial charge in [0.25, 0.3) is 0 Å². The minimum absolute atomic E-state index is 0.142. The highest BCUT2D eigenvalue weighted by molar-refractivity contribution is 5.86. The van der Waals surface area contributed by atoms with Gasteiger partial charge >= 0.3 is 5.97 Å². The molecule has 2 saturated heterocycles. The highest BCUT2D eigenvalue weighted by Gasteiger charge is 2.37. The van der Waals surface area contributed by atoms with Crippen LogP contribution in [0.15, 0.2) is 12.2 Å². The van der Waals surface area contributed by atoms with E-state index in [-0.39, 0.29) is 12.1 Å². The Labute approximate surface area is 115 Å². The summed E-state index contributed by atoms with van der Waals surface area (Å²) in [7, 11) is 0. The van der Waals surface area contributed by atoms with Crippen LogP contribution in [0.3, 0.4) is 0 Å². The molecule has 0 radical (unpaired) electrons. The molecule has 2 aliphatic heterocycles. The zero-order valence-corrected chi connectivity index (χ0v) is 11.7. The second-order valence-electron chi connectivity index (χ2n) is 5.54. The van der Waals surface area contributed by atoms with Gasteiger partial charge in [0.05, 0.1) is 18.8 Å². The Kier molecular flexibility index (Phi) is 5.40. The molecule has 1 aliphatic carbocycles. The lowest BCUT2D eigenvalue weighted by molar-refractivity contribution is -0.139. The molecule has 0 spiro atoms. The van der Waals surface area contributed by atoms with E-state index in [2.05, 4.69) is 6.58 Å². The molecule has 0 bridgehead atoms. The highest BCUT2D eigenvalue weighted by atomic mass is 16.6. The molecule has 0 aromatic heterocycles. The molecule has 3 rings (SSSR count). The summed E-state index contributed by atoms with van der Waals surface area (Å²) < 4.78 is 15.0. The molecule has 0 amide bonds. The lowest BCUT2D eigenvalue weighted by atomic mass is 10.0. The van der Waals surface area contributed by atoms with Crippen molar-refractivity contribution < 1.29 is 19.0 Å². The van der Waals surface area contributed by atoms with E-state index in [0.717, 1.165) is 0 Å². The number of epoxide rings is 2. The average Bonchev–Trinajstić information content (AvgIpc) is 3.24. The third-order valence-electron chi connectivity index (χ3n) is 3.57. The monoisotopic (exact) mass is 268 g/mol. The number of rotatable bonds is 3. The van der Waals surface area contributed by atoms with E-state index in [9.17, 15) is 4.79 Å². The van der Waals surface area contributed by atoms with Gasteiger partial charge in [-0.2, -0.15) is 0 Å². The smallest absolute Gasteiger partial charge is 0.333 e. The maximum absolute atomic E-state index is 10.7. The third kappa shape index (κ3) is 5.74. The van der Waals surface area contributed by atoms with Gasteiger partial charge in [0.1, 0.15) is 12.7 Å². The maximum atomic E-state index is 10.7. The van der Waals surface area contributed by atoms with Crippen molar-refractivity contribution in [3.8, 4) is 0 Å². The standard InChI is InChI=1S/C8H14O.C7H10O3/c1-2-4-6-8-7(9-8)5-3-1;1-5(2)7(8)10-4-6-3-9-6/h7-8H,1-6H2;6H,1,3-4H2,2H3. The highest BCUT2D eigenvalue weighted by Crippen LogP contribution is 2.33. The minimum atomic E-state index is -0.337. The zero-order valence-electron chi connectivity index (χ0n) is 11.7. The summed E-state index contributed by atoms with van der Waals surface area (Å²) in [5, 5.41) is 0. The Morgan fingerprint density at radius 2 is 1.79 bits per heavy atom. The van der Waals surface area contributed by atoms with Crippen LogP contribution in [-0.2, 0) is 19.0 Å². The Morgan fingerprint density at radius 3 is 2.26 bits per heavy atom. The van der Waals surface area contributed by atoms with Crippen LogP contribution in [0.5, 0.6) is 0 Å². The fourth-order valence-corrected chi connectivity index (χ4v) is 2.19. The van der Waals surface area contributed by atoms with Gasteiger partial charge in [0.15, 0.2) is 0 Å². The number of esters is 1. The van der Waals surface area contributed by atoms with Crippen molar-refractivity contribution in [2.75, 3.05) is 13.2 Å². The second kappa shape index (κ2) is 7.06. The Morgan fingerprint density at radius 1 is 1.21 bits per heavy atom. The molecular weight excluding hydrogens is 244 g/mol. The van der Waals surface area contributed by atoms with Crippen molar-refractivity contribution in [1.29, 1.82) is 0 Å². The first-order valence-corrected chi connectivity index (χ1v) is 7.26. The van der Waals surface area contributed by atoms with E-state index in [1.165, 1.54) is 38.5 Å². The lowest BCUT2D eigenvalue weighted by Gasteiger charge is -2.01. The van der Waals surface area contributed by atoms with Crippen LogP contribution in [-0.4, -0.2) is 37.5 Å². The Bertz CT molecular complexity index is 310. The lowest BCUT2D eigenvalue weighted by Crippen LogP contribution is -2.09. The van der Waals surface area contributed by atoms with Crippen LogP contribution in [0.1, 0.15) is 45.4 Å². The van der Waals surface area contributed by atoms with Crippen molar-refractivity contribution in [2.24, 2.45) is 0 Å². The van der Waals surface area contributed by atoms with Crippen molar-refractivity contribution in [3.05, 3.63) is 12.2 Å². The molecule has 1 saturated carbocycles. The number of fused-ring (bicyclic) bond motifs is 1. The minimum Gasteiger partial charge on any atom is -0.459 e. The van der Waals surface area contributed by atoms with Crippen LogP contribution < -0.4 is 0 Å². The summed E-state index contributed by atoms with van der Waals surface area (Å²) in [5.74, 6) is -0.337. The van der Waals surface area contributed by atoms with E-state index < -0.39 is 0 Å². The van der Waals surface area contributed by atoms with Crippen LogP contribution in [0.4, 0.5) is 0 Å². The van der Waals surface area contributed by atoms with Crippen LogP contribution in [0.25, 0.3) is 0 Å². The SMILES string of the molecule is C1CCCC2OC2CC1.C=C(C)C(=O)OCC1CO1. The van der Waals surface area contributed by atoms with Gasteiger partial charge in [-0.25, -0.2) is 4.79 Å². The summed E-state index contributed by atoms with van der Waals surface area (Å²) >= 11 is 0. The molecule has 19 heavy (non-hydrogen) atoms. The van der Waals surface area contributed by atoms with Gasteiger partial charge in [0, 0.05) is 5.57 Å². The summed E-state index contributed by atoms with van der Waals surface area (Å²) in [6.07, 6.45) is 9.87. The van der Waals surface area contributed by atoms with E-state index in [1.54, 1.807) is 6.92 Å². The topological polar surface area (TPSA) is 51.4 Å². The van der Waals surface area contributed by atoms with Crippen LogP contribution >= 0.6 is 0 Å². The molecule has 0 N–H and O–H groups in total. The number of carbonyl (C=O) groups is 1. The van der Waals surface area contributed by atoms with Crippen molar-refractivity contribution >= 4 is 5.97 Å². The quantitative estimate of drug-likeness (QED) is 0.448. The molecule has 108 valence electrons. The van der Waals surface area contributed by atoms with Gasteiger partial charge in [-0.1, -0.05) is 32.3 Å². The number of carbonyl (C=O) groups excluding carboxylic acids is 1. The summed E-state index contributed by atoms with van der Waals surface area (Å²) in [6.45, 7) is 6.14. The molecule has 4 nitrogen and oxygen atoms in total. The maximum Gasteiger partial charge on any atom is 0.333 e. The molecule has 3 unspecified atom stereocenters. The predicted octanol–water partition coefficient (Wildman–Crippen LogP) is 2.61. The number of ether oxygens (including phenoxy) is 3. The molecular formula is C15H24O4. The molecule has 2 heterocycles. The average molecular weight is 268 g/mol. The molecule has 3 aliphatic rings. The second-order valence-corrected chi connectivity index (χ2v) is 5.54. The first-order valence-electron chi connectivity index (χ1n) is 7.26. The van der Waals surface area contributed by atoms with E-state index in [0.29, 0.717) is 31.0 Å². The van der Waals surface area contributed by atoms with E-state index in [1.807, 2.05) is 0 Å². The summed E-state index contributed by atoms with van der Waals surface area (Å²) in [4.78, 5) is 10.7. The van der Waals surface area contributed by atoms with Gasteiger partial charge in [0.2, 0.25) is 0 Å².